The molecule has 0 saturated carbocycles. The maximum atomic E-state index is 5.65. The van der Waals surface area contributed by atoms with Gasteiger partial charge in [0.15, 0.2) is 6.61 Å². The molecule has 0 aromatic carbocycles. The fourth-order valence-corrected chi connectivity index (χ4v) is 2.54. The second-order valence-electron chi connectivity index (χ2n) is 6.64. The summed E-state index contributed by atoms with van der Waals surface area (Å²) in [4.78, 5) is 7.40. The van der Waals surface area contributed by atoms with Crippen molar-refractivity contribution in [2.45, 2.75) is 33.6 Å². The van der Waals surface area contributed by atoms with Crippen LogP contribution in [0.1, 0.15) is 37.2 Å². The van der Waals surface area contributed by atoms with Crippen LogP contribution in [0.5, 0.6) is 0 Å². The van der Waals surface area contributed by atoms with Gasteiger partial charge in [0.2, 0.25) is 0 Å². The first kappa shape index (κ1) is 15.7. The molecule has 21 heavy (non-hydrogen) atoms. The highest BCUT2D eigenvalue weighted by Gasteiger charge is 2.33. The van der Waals surface area contributed by atoms with Crippen LogP contribution in [0.25, 0.3) is 0 Å². The summed E-state index contributed by atoms with van der Waals surface area (Å²) in [5.41, 5.74) is 3.37. The zero-order valence-corrected chi connectivity index (χ0v) is 13.6. The third kappa shape index (κ3) is 4.12. The van der Waals surface area contributed by atoms with Crippen molar-refractivity contribution in [3.63, 3.8) is 0 Å². The normalized spacial score (nSPS) is 18.3. The molecular weight excluding hydrogens is 264 g/mol. The van der Waals surface area contributed by atoms with E-state index in [2.05, 4.69) is 30.8 Å². The van der Waals surface area contributed by atoms with Crippen LogP contribution in [0.2, 0.25) is 0 Å². The first-order valence-corrected chi connectivity index (χ1v) is 7.26. The molecule has 4 heteroatoms. The van der Waals surface area contributed by atoms with Gasteiger partial charge in [0, 0.05) is 12.0 Å². The van der Waals surface area contributed by atoms with E-state index in [-0.39, 0.29) is 5.41 Å². The van der Waals surface area contributed by atoms with E-state index in [1.54, 1.807) is 6.26 Å². The van der Waals surface area contributed by atoms with Crippen molar-refractivity contribution in [2.75, 3.05) is 27.2 Å². The summed E-state index contributed by atoms with van der Waals surface area (Å²) < 4.78 is 5.65. The summed E-state index contributed by atoms with van der Waals surface area (Å²) in [7, 11) is 3.98. The SMILES string of the molecule is Cc1coc2c1/C(=N/OCC#CCN(C)C)CC(C)(C)C2. The maximum Gasteiger partial charge on any atom is 0.177 e. The number of aryl methyl sites for hydroxylation is 1. The minimum atomic E-state index is 0.149. The van der Waals surface area contributed by atoms with Crippen LogP contribution in [0.3, 0.4) is 0 Å². The highest BCUT2D eigenvalue weighted by Crippen LogP contribution is 2.37. The molecule has 0 fully saturated rings. The van der Waals surface area contributed by atoms with E-state index in [0.29, 0.717) is 6.61 Å². The summed E-state index contributed by atoms with van der Waals surface area (Å²) in [5, 5.41) is 4.31. The van der Waals surface area contributed by atoms with Gasteiger partial charge in [-0.05, 0) is 38.4 Å². The second kappa shape index (κ2) is 6.36. The van der Waals surface area contributed by atoms with Gasteiger partial charge in [-0.2, -0.15) is 0 Å². The molecule has 1 aromatic rings. The number of hydrogen-bond acceptors (Lipinski definition) is 4. The zero-order chi connectivity index (χ0) is 15.5. The molecule has 1 aliphatic rings. The van der Waals surface area contributed by atoms with Crippen molar-refractivity contribution in [2.24, 2.45) is 10.6 Å². The van der Waals surface area contributed by atoms with Gasteiger partial charge >= 0.3 is 0 Å². The Morgan fingerprint density at radius 3 is 2.81 bits per heavy atom. The molecule has 114 valence electrons. The Morgan fingerprint density at radius 1 is 1.33 bits per heavy atom. The Kier molecular flexibility index (Phi) is 4.74. The Bertz CT molecular complexity index is 586. The van der Waals surface area contributed by atoms with Gasteiger partial charge in [-0.3, -0.25) is 4.90 Å². The van der Waals surface area contributed by atoms with E-state index >= 15 is 0 Å². The minimum absolute atomic E-state index is 0.149. The number of hydrogen-bond donors (Lipinski definition) is 0. The predicted octanol–water partition coefficient (Wildman–Crippen LogP) is 2.85. The first-order chi connectivity index (χ1) is 9.89. The lowest BCUT2D eigenvalue weighted by atomic mass is 9.75. The molecule has 0 unspecified atom stereocenters. The molecule has 0 bridgehead atoms. The molecule has 0 aliphatic heterocycles. The predicted molar refractivity (Wildman–Crippen MR) is 84.4 cm³/mol. The van der Waals surface area contributed by atoms with Crippen LogP contribution in [-0.4, -0.2) is 37.9 Å². The van der Waals surface area contributed by atoms with Crippen LogP contribution in [0.4, 0.5) is 0 Å². The fourth-order valence-electron chi connectivity index (χ4n) is 2.54. The Morgan fingerprint density at radius 2 is 2.10 bits per heavy atom. The number of furan rings is 1. The minimum Gasteiger partial charge on any atom is -0.468 e. The van der Waals surface area contributed by atoms with E-state index in [1.807, 2.05) is 25.9 Å². The van der Waals surface area contributed by atoms with E-state index in [1.165, 1.54) is 0 Å². The van der Waals surface area contributed by atoms with Crippen molar-refractivity contribution >= 4 is 5.71 Å². The summed E-state index contributed by atoms with van der Waals surface area (Å²) in [6.45, 7) is 7.55. The van der Waals surface area contributed by atoms with Crippen molar-refractivity contribution in [1.29, 1.82) is 0 Å². The molecular formula is C17H24N2O2. The third-order valence-electron chi connectivity index (χ3n) is 3.46. The van der Waals surface area contributed by atoms with Crippen LogP contribution in [-0.2, 0) is 11.3 Å². The van der Waals surface area contributed by atoms with Gasteiger partial charge in [0.25, 0.3) is 0 Å². The Labute approximate surface area is 127 Å². The molecule has 4 nitrogen and oxygen atoms in total. The van der Waals surface area contributed by atoms with Gasteiger partial charge in [0.1, 0.15) is 5.76 Å². The first-order valence-electron chi connectivity index (χ1n) is 7.26. The van der Waals surface area contributed by atoms with Crippen molar-refractivity contribution in [3.8, 4) is 11.8 Å². The standard InChI is InChI=1S/C17H24N2O2/c1-13-12-20-15-11-17(2,3)10-14(16(13)15)18-21-9-7-6-8-19(4)5/h12H,8-11H2,1-5H3/b18-14+. The largest absolute Gasteiger partial charge is 0.468 e. The lowest BCUT2D eigenvalue weighted by molar-refractivity contribution is 0.176. The van der Waals surface area contributed by atoms with E-state index in [4.69, 9.17) is 9.25 Å². The lowest BCUT2D eigenvalue weighted by Crippen LogP contribution is -2.27. The zero-order valence-electron chi connectivity index (χ0n) is 13.6. The molecule has 0 N–H and O–H groups in total. The average molecular weight is 288 g/mol. The van der Waals surface area contributed by atoms with Crippen molar-refractivity contribution < 1.29 is 9.25 Å². The monoisotopic (exact) mass is 288 g/mol. The van der Waals surface area contributed by atoms with Crippen LogP contribution >= 0.6 is 0 Å². The highest BCUT2D eigenvalue weighted by atomic mass is 16.6. The molecule has 1 aliphatic carbocycles. The van der Waals surface area contributed by atoms with Gasteiger partial charge < -0.3 is 9.25 Å². The molecule has 1 heterocycles. The average Bonchev–Trinajstić information content (AvgIpc) is 2.73. The van der Waals surface area contributed by atoms with Crippen LogP contribution < -0.4 is 0 Å². The molecule has 0 radical (unpaired) electrons. The number of oxime groups is 1. The molecule has 0 atom stereocenters. The maximum absolute atomic E-state index is 5.65. The molecule has 1 aromatic heterocycles. The van der Waals surface area contributed by atoms with E-state index in [0.717, 1.165) is 42.0 Å². The highest BCUT2D eigenvalue weighted by molar-refractivity contribution is 6.03. The summed E-state index contributed by atoms with van der Waals surface area (Å²) in [6, 6.07) is 0. The molecule has 0 amide bonds. The van der Waals surface area contributed by atoms with E-state index < -0.39 is 0 Å². The van der Waals surface area contributed by atoms with Gasteiger partial charge in [-0.25, -0.2) is 0 Å². The summed E-state index contributed by atoms with van der Waals surface area (Å²) in [5.74, 6) is 7.01. The van der Waals surface area contributed by atoms with Crippen LogP contribution in [0.15, 0.2) is 15.8 Å². The topological polar surface area (TPSA) is 38.0 Å². The number of nitrogens with zero attached hydrogens (tertiary/aromatic N) is 2. The number of rotatable bonds is 3. The summed E-state index contributed by atoms with van der Waals surface area (Å²) >= 11 is 0. The third-order valence-corrected chi connectivity index (χ3v) is 3.46. The van der Waals surface area contributed by atoms with E-state index in [9.17, 15) is 0 Å². The van der Waals surface area contributed by atoms with Gasteiger partial charge in [-0.1, -0.05) is 30.8 Å². The van der Waals surface area contributed by atoms with Crippen LogP contribution in [0, 0.1) is 24.2 Å². The molecule has 2 rings (SSSR count). The van der Waals surface area contributed by atoms with Crippen molar-refractivity contribution in [3.05, 3.63) is 23.2 Å². The fraction of sp³-hybridized carbons (Fsp3) is 0.588. The Hall–Kier alpha value is -1.73. The lowest BCUT2D eigenvalue weighted by Gasteiger charge is -2.29. The van der Waals surface area contributed by atoms with Gasteiger partial charge in [0.05, 0.1) is 18.5 Å². The molecule has 0 saturated heterocycles. The quantitative estimate of drug-likeness (QED) is 0.487. The smallest absolute Gasteiger partial charge is 0.177 e. The summed E-state index contributed by atoms with van der Waals surface area (Å²) in [6.07, 6.45) is 3.64. The second-order valence-corrected chi connectivity index (χ2v) is 6.64. The number of fused-ring (bicyclic) bond motifs is 1. The van der Waals surface area contributed by atoms with Crippen molar-refractivity contribution in [1.82, 2.24) is 4.90 Å². The molecule has 0 spiro atoms. The van der Waals surface area contributed by atoms with Gasteiger partial charge in [-0.15, -0.1) is 0 Å². The Balaban J connectivity index is 2.06.